The lowest BCUT2D eigenvalue weighted by atomic mass is 10.1. The molecule has 19 heavy (non-hydrogen) atoms. The molecule has 0 spiro atoms. The van der Waals surface area contributed by atoms with E-state index in [2.05, 4.69) is 0 Å². The van der Waals surface area contributed by atoms with E-state index in [9.17, 15) is 15.2 Å². The van der Waals surface area contributed by atoms with E-state index in [4.69, 9.17) is 9.84 Å². The van der Waals surface area contributed by atoms with Crippen LogP contribution in [0.2, 0.25) is 0 Å². The van der Waals surface area contributed by atoms with Crippen LogP contribution in [0.1, 0.15) is 37.9 Å². The van der Waals surface area contributed by atoms with Crippen LogP contribution in [0.15, 0.2) is 18.2 Å². The van der Waals surface area contributed by atoms with Gasteiger partial charge in [-0.2, -0.15) is 0 Å². The van der Waals surface area contributed by atoms with Gasteiger partial charge in [-0.15, -0.1) is 0 Å². The molecule has 6 nitrogen and oxygen atoms in total. The van der Waals surface area contributed by atoms with Crippen molar-refractivity contribution in [1.29, 1.82) is 0 Å². The average Bonchev–Trinajstić information content (AvgIpc) is 2.38. The maximum atomic E-state index is 10.7. The standard InChI is InChI=1S/C13H19NO5/c1-10(16)12-9-11(14(17)18)5-6-13(12)19-8-4-2-3-7-15/h5-6,9-10,15-16H,2-4,7-8H2,1H3. The van der Waals surface area contributed by atoms with E-state index in [1.807, 2.05) is 0 Å². The molecule has 0 saturated heterocycles. The lowest BCUT2D eigenvalue weighted by Gasteiger charge is -2.13. The summed E-state index contributed by atoms with van der Waals surface area (Å²) in [6.07, 6.45) is 1.55. The van der Waals surface area contributed by atoms with Crippen molar-refractivity contribution in [3.05, 3.63) is 33.9 Å². The molecule has 1 aromatic rings. The van der Waals surface area contributed by atoms with E-state index in [0.717, 1.165) is 19.3 Å². The Hall–Kier alpha value is -1.66. The van der Waals surface area contributed by atoms with Gasteiger partial charge in [0, 0.05) is 24.3 Å². The van der Waals surface area contributed by atoms with Gasteiger partial charge in [-0.1, -0.05) is 0 Å². The molecule has 2 N–H and O–H groups in total. The molecule has 0 aliphatic heterocycles. The van der Waals surface area contributed by atoms with E-state index in [-0.39, 0.29) is 12.3 Å². The summed E-state index contributed by atoms with van der Waals surface area (Å²) in [5.41, 5.74) is 0.347. The van der Waals surface area contributed by atoms with Crippen LogP contribution >= 0.6 is 0 Å². The number of nitrogens with zero attached hydrogens (tertiary/aromatic N) is 1. The third kappa shape index (κ3) is 4.84. The molecular formula is C13H19NO5. The maximum absolute atomic E-state index is 10.7. The zero-order valence-corrected chi connectivity index (χ0v) is 10.9. The summed E-state index contributed by atoms with van der Waals surface area (Å²) in [5.74, 6) is 0.463. The quantitative estimate of drug-likeness (QED) is 0.428. The van der Waals surface area contributed by atoms with Gasteiger partial charge >= 0.3 is 0 Å². The van der Waals surface area contributed by atoms with E-state index in [1.165, 1.54) is 25.1 Å². The maximum Gasteiger partial charge on any atom is 0.270 e. The molecule has 0 saturated carbocycles. The van der Waals surface area contributed by atoms with E-state index in [1.54, 1.807) is 0 Å². The van der Waals surface area contributed by atoms with Crippen LogP contribution in [0, 0.1) is 10.1 Å². The molecule has 1 unspecified atom stereocenters. The highest BCUT2D eigenvalue weighted by molar-refractivity contribution is 5.44. The molecule has 106 valence electrons. The third-order valence-corrected chi connectivity index (χ3v) is 2.71. The smallest absolute Gasteiger partial charge is 0.270 e. The van der Waals surface area contributed by atoms with Gasteiger partial charge in [0.25, 0.3) is 5.69 Å². The first kappa shape index (κ1) is 15.4. The number of benzene rings is 1. The molecule has 6 heteroatoms. The van der Waals surface area contributed by atoms with Gasteiger partial charge in [-0.05, 0) is 32.3 Å². The lowest BCUT2D eigenvalue weighted by Crippen LogP contribution is -2.03. The van der Waals surface area contributed by atoms with Gasteiger partial charge in [0.15, 0.2) is 0 Å². The second-order valence-electron chi connectivity index (χ2n) is 4.29. The van der Waals surface area contributed by atoms with Crippen molar-refractivity contribution in [1.82, 2.24) is 0 Å². The molecule has 0 fully saturated rings. The summed E-state index contributed by atoms with van der Waals surface area (Å²) in [6, 6.07) is 4.19. The largest absolute Gasteiger partial charge is 0.493 e. The number of aliphatic hydroxyl groups is 2. The monoisotopic (exact) mass is 269 g/mol. The molecule has 0 aliphatic rings. The van der Waals surface area contributed by atoms with Crippen molar-refractivity contribution in [2.45, 2.75) is 32.3 Å². The van der Waals surface area contributed by atoms with Crippen LogP contribution in [0.3, 0.4) is 0 Å². The Morgan fingerprint density at radius 2 is 2.11 bits per heavy atom. The minimum atomic E-state index is -0.827. The summed E-state index contributed by atoms with van der Waals surface area (Å²) in [6.45, 7) is 2.16. The Morgan fingerprint density at radius 3 is 2.68 bits per heavy atom. The second-order valence-corrected chi connectivity index (χ2v) is 4.29. The Balaban J connectivity index is 2.69. The molecule has 0 aliphatic carbocycles. The summed E-state index contributed by atoms with van der Waals surface area (Å²) >= 11 is 0. The number of non-ortho nitro benzene ring substituents is 1. The zero-order chi connectivity index (χ0) is 14.3. The summed E-state index contributed by atoms with van der Waals surface area (Å²) < 4.78 is 5.52. The predicted octanol–water partition coefficient (Wildman–Crippen LogP) is 2.19. The Labute approximate surface area is 111 Å². The highest BCUT2D eigenvalue weighted by Gasteiger charge is 2.15. The van der Waals surface area contributed by atoms with E-state index >= 15 is 0 Å². The van der Waals surface area contributed by atoms with Crippen molar-refractivity contribution in [2.75, 3.05) is 13.2 Å². The van der Waals surface area contributed by atoms with Crippen LogP contribution in [-0.2, 0) is 0 Å². The van der Waals surface area contributed by atoms with E-state index in [0.29, 0.717) is 17.9 Å². The molecular weight excluding hydrogens is 250 g/mol. The van der Waals surface area contributed by atoms with Gasteiger partial charge in [0.2, 0.25) is 0 Å². The number of nitro benzene ring substituents is 1. The van der Waals surface area contributed by atoms with Crippen LogP contribution in [0.5, 0.6) is 5.75 Å². The molecule has 0 amide bonds. The Kier molecular flexibility index (Phi) is 6.24. The van der Waals surface area contributed by atoms with Gasteiger partial charge in [-0.3, -0.25) is 10.1 Å². The number of hydrogen-bond donors (Lipinski definition) is 2. The zero-order valence-electron chi connectivity index (χ0n) is 10.9. The van der Waals surface area contributed by atoms with Crippen molar-refractivity contribution in [2.24, 2.45) is 0 Å². The minimum Gasteiger partial charge on any atom is -0.493 e. The SMILES string of the molecule is CC(O)c1cc([N+](=O)[O-])ccc1OCCCCCO. The lowest BCUT2D eigenvalue weighted by molar-refractivity contribution is -0.385. The van der Waals surface area contributed by atoms with E-state index < -0.39 is 11.0 Å². The average molecular weight is 269 g/mol. The minimum absolute atomic E-state index is 0.0662. The van der Waals surface area contributed by atoms with Gasteiger partial charge in [-0.25, -0.2) is 0 Å². The topological polar surface area (TPSA) is 92.8 Å². The first-order valence-corrected chi connectivity index (χ1v) is 6.26. The van der Waals surface area contributed by atoms with Crippen molar-refractivity contribution in [3.63, 3.8) is 0 Å². The fourth-order valence-electron chi connectivity index (χ4n) is 1.68. The number of hydrogen-bond acceptors (Lipinski definition) is 5. The number of ether oxygens (including phenoxy) is 1. The molecule has 1 atom stereocenters. The summed E-state index contributed by atoms with van der Waals surface area (Å²) in [7, 11) is 0. The number of unbranched alkanes of at least 4 members (excludes halogenated alkanes) is 2. The molecule has 0 bridgehead atoms. The molecule has 1 rings (SSSR count). The predicted molar refractivity (Wildman–Crippen MR) is 70.2 cm³/mol. The molecule has 1 aromatic carbocycles. The summed E-state index contributed by atoms with van der Waals surface area (Å²) in [4.78, 5) is 10.2. The molecule has 0 aromatic heterocycles. The van der Waals surface area contributed by atoms with Crippen LogP contribution in [0.25, 0.3) is 0 Å². The number of aliphatic hydroxyl groups excluding tert-OH is 2. The first-order valence-electron chi connectivity index (χ1n) is 6.26. The second kappa shape index (κ2) is 7.70. The molecule has 0 heterocycles. The molecule has 0 radical (unpaired) electrons. The Bertz CT molecular complexity index is 419. The van der Waals surface area contributed by atoms with Crippen molar-refractivity contribution < 1.29 is 19.9 Å². The third-order valence-electron chi connectivity index (χ3n) is 2.71. The fourth-order valence-corrected chi connectivity index (χ4v) is 1.68. The van der Waals surface area contributed by atoms with Crippen LogP contribution < -0.4 is 4.74 Å². The number of rotatable bonds is 8. The first-order chi connectivity index (χ1) is 9.06. The Morgan fingerprint density at radius 1 is 1.37 bits per heavy atom. The van der Waals surface area contributed by atoms with Crippen LogP contribution in [0.4, 0.5) is 5.69 Å². The number of nitro groups is 1. The van der Waals surface area contributed by atoms with Crippen LogP contribution in [-0.4, -0.2) is 28.4 Å². The van der Waals surface area contributed by atoms with Gasteiger partial charge < -0.3 is 14.9 Å². The van der Waals surface area contributed by atoms with Crippen molar-refractivity contribution >= 4 is 5.69 Å². The highest BCUT2D eigenvalue weighted by atomic mass is 16.6. The highest BCUT2D eigenvalue weighted by Crippen LogP contribution is 2.29. The fraction of sp³-hybridized carbons (Fsp3) is 0.538. The van der Waals surface area contributed by atoms with Crippen molar-refractivity contribution in [3.8, 4) is 5.75 Å². The normalized spacial score (nSPS) is 12.2. The van der Waals surface area contributed by atoms with Gasteiger partial charge in [0.1, 0.15) is 5.75 Å². The summed E-state index contributed by atoms with van der Waals surface area (Å²) in [5, 5.41) is 28.9. The van der Waals surface area contributed by atoms with Gasteiger partial charge in [0.05, 0.1) is 17.6 Å².